The number of carbonyl (C=O) groups is 2. The van der Waals surface area contributed by atoms with Crippen molar-refractivity contribution in [1.29, 1.82) is 0 Å². The second-order valence-corrected chi connectivity index (χ2v) is 8.86. The van der Waals surface area contributed by atoms with Gasteiger partial charge in [0.1, 0.15) is 6.26 Å². The summed E-state index contributed by atoms with van der Waals surface area (Å²) in [5, 5.41) is 13.8. The van der Waals surface area contributed by atoms with Crippen molar-refractivity contribution in [2.45, 2.75) is 76.4 Å². The van der Waals surface area contributed by atoms with Gasteiger partial charge in [-0.25, -0.2) is 4.98 Å². The minimum absolute atomic E-state index is 0. The molecule has 2 aliphatic rings. The second-order valence-electron chi connectivity index (χ2n) is 8.86. The van der Waals surface area contributed by atoms with Gasteiger partial charge in [0, 0.05) is 18.4 Å². The molecule has 0 aliphatic carbocycles. The van der Waals surface area contributed by atoms with Crippen molar-refractivity contribution in [2.75, 3.05) is 6.54 Å². The van der Waals surface area contributed by atoms with Gasteiger partial charge in [0.05, 0.1) is 18.1 Å². The summed E-state index contributed by atoms with van der Waals surface area (Å²) in [6, 6.07) is 7.95. The largest absolute Gasteiger partial charge is 1.00 e. The number of aryl methyl sites for hydroxylation is 1. The smallest absolute Gasteiger partial charge is 0.550 e. The summed E-state index contributed by atoms with van der Waals surface area (Å²) in [5.74, 6) is -0.514. The van der Waals surface area contributed by atoms with Crippen molar-refractivity contribution >= 4 is 11.9 Å². The standard InChI is InChI=1S/C25H32N2O5.Na/c1-2-3-6-13-26-24(30)19-15-31-25(27-19)23-18(20-10-11-21(23)32-20)14-17-8-5-4-7-16(17)9-12-22(28)29;/h4-5,7-8,15,18,20-21,23H,2-3,6,9-14H2,1H3,(H,26,30)(H,28,29);/q;+1/p-1/t18-,20+,21-,23-;/m0./s1. The van der Waals surface area contributed by atoms with Crippen LogP contribution in [0.25, 0.3) is 0 Å². The first kappa shape index (κ1) is 25.9. The zero-order chi connectivity index (χ0) is 22.5. The number of aliphatic carboxylic acids is 1. The molecule has 2 bridgehead atoms. The summed E-state index contributed by atoms with van der Waals surface area (Å²) in [4.78, 5) is 27.9. The summed E-state index contributed by atoms with van der Waals surface area (Å²) >= 11 is 0. The molecule has 1 aromatic carbocycles. The number of hydrogen-bond acceptors (Lipinski definition) is 6. The number of nitrogens with one attached hydrogen (secondary N) is 1. The number of hydrogen-bond donors (Lipinski definition) is 1. The van der Waals surface area contributed by atoms with E-state index in [9.17, 15) is 14.7 Å². The van der Waals surface area contributed by atoms with Crippen molar-refractivity contribution in [3.63, 3.8) is 0 Å². The van der Waals surface area contributed by atoms with Crippen molar-refractivity contribution in [2.24, 2.45) is 5.92 Å². The van der Waals surface area contributed by atoms with E-state index in [4.69, 9.17) is 9.15 Å². The molecule has 8 heteroatoms. The number of carboxylic acid groups (broad SMARTS) is 1. The Bertz CT molecular complexity index is 946. The molecule has 4 rings (SSSR count). The van der Waals surface area contributed by atoms with Crippen LogP contribution in [-0.4, -0.2) is 35.6 Å². The molecule has 1 N–H and O–H groups in total. The molecule has 1 aromatic heterocycles. The van der Waals surface area contributed by atoms with Crippen molar-refractivity contribution in [3.8, 4) is 0 Å². The van der Waals surface area contributed by atoms with Gasteiger partial charge in [0.25, 0.3) is 5.91 Å². The Balaban J connectivity index is 0.00000306. The normalized spacial score (nSPS) is 23.3. The van der Waals surface area contributed by atoms with E-state index in [1.807, 2.05) is 18.2 Å². The number of benzene rings is 1. The van der Waals surface area contributed by atoms with Crippen LogP contribution in [0, 0.1) is 5.92 Å². The number of ether oxygens (including phenoxy) is 1. The Kier molecular flexibility index (Phi) is 9.56. The third-order valence-corrected chi connectivity index (χ3v) is 6.70. The van der Waals surface area contributed by atoms with Crippen LogP contribution < -0.4 is 40.0 Å². The summed E-state index contributed by atoms with van der Waals surface area (Å²) in [6.45, 7) is 2.76. The molecule has 0 radical (unpaired) electrons. The molecule has 172 valence electrons. The molecule has 3 heterocycles. The van der Waals surface area contributed by atoms with E-state index in [0.717, 1.165) is 49.7 Å². The van der Waals surface area contributed by atoms with Crippen LogP contribution in [0.15, 0.2) is 34.9 Å². The minimum atomic E-state index is -1.04. The number of amides is 1. The molecule has 2 saturated heterocycles. The van der Waals surface area contributed by atoms with Crippen LogP contribution in [0.5, 0.6) is 0 Å². The van der Waals surface area contributed by atoms with E-state index in [0.29, 0.717) is 24.6 Å². The number of unbranched alkanes of at least 4 members (excludes halogenated alkanes) is 2. The molecule has 1 amide bonds. The molecule has 2 aliphatic heterocycles. The first-order valence-electron chi connectivity index (χ1n) is 11.7. The number of carbonyl (C=O) groups excluding carboxylic acids is 2. The topological polar surface area (TPSA) is 104 Å². The van der Waals surface area contributed by atoms with E-state index in [2.05, 4.69) is 23.3 Å². The maximum absolute atomic E-state index is 12.4. The predicted octanol–water partition coefficient (Wildman–Crippen LogP) is -0.215. The number of rotatable bonds is 11. The quantitative estimate of drug-likeness (QED) is 0.366. The van der Waals surface area contributed by atoms with Gasteiger partial charge in [-0.2, -0.15) is 0 Å². The Labute approximate surface area is 217 Å². The Morgan fingerprint density at radius 2 is 1.91 bits per heavy atom. The maximum atomic E-state index is 12.4. The zero-order valence-electron chi connectivity index (χ0n) is 19.5. The molecular formula is C25H31N2NaO5. The van der Waals surface area contributed by atoms with Gasteiger partial charge in [0.2, 0.25) is 5.89 Å². The van der Waals surface area contributed by atoms with Crippen LogP contribution >= 0.6 is 0 Å². The average molecular weight is 463 g/mol. The van der Waals surface area contributed by atoms with E-state index in [1.165, 1.54) is 6.26 Å². The molecule has 2 aromatic rings. The van der Waals surface area contributed by atoms with Crippen molar-refractivity contribution < 1.29 is 53.4 Å². The number of oxazole rings is 1. The summed E-state index contributed by atoms with van der Waals surface area (Å²) < 4.78 is 12.0. The third-order valence-electron chi connectivity index (χ3n) is 6.70. The van der Waals surface area contributed by atoms with Gasteiger partial charge in [-0.3, -0.25) is 4.79 Å². The monoisotopic (exact) mass is 462 g/mol. The summed E-state index contributed by atoms with van der Waals surface area (Å²) in [5.41, 5.74) is 2.46. The Morgan fingerprint density at radius 3 is 2.67 bits per heavy atom. The van der Waals surface area contributed by atoms with Crippen LogP contribution in [0.3, 0.4) is 0 Å². The van der Waals surface area contributed by atoms with E-state index < -0.39 is 5.97 Å². The predicted molar refractivity (Wildman–Crippen MR) is 116 cm³/mol. The van der Waals surface area contributed by atoms with Crippen LogP contribution in [0.4, 0.5) is 0 Å². The molecule has 0 saturated carbocycles. The molecule has 33 heavy (non-hydrogen) atoms. The van der Waals surface area contributed by atoms with E-state index in [-0.39, 0.29) is 65.9 Å². The number of nitrogens with zero attached hydrogens (tertiary/aromatic N) is 1. The number of carboxylic acids is 1. The SMILES string of the molecule is CCCCCNC(=O)c1coc([C@H]2[C@@H](Cc3ccccc3CCC(=O)[O-])[C@H]3CC[C@@H]2O3)n1.[Na+]. The van der Waals surface area contributed by atoms with Crippen LogP contribution in [0.2, 0.25) is 0 Å². The van der Waals surface area contributed by atoms with Crippen molar-refractivity contribution in [3.05, 3.63) is 53.2 Å². The summed E-state index contributed by atoms with van der Waals surface area (Å²) in [7, 11) is 0. The first-order chi connectivity index (χ1) is 15.6. The summed E-state index contributed by atoms with van der Waals surface area (Å²) in [6.07, 6.45) is 7.92. The van der Waals surface area contributed by atoms with Crippen LogP contribution in [-0.2, 0) is 22.4 Å². The fourth-order valence-corrected chi connectivity index (χ4v) is 5.08. The molecular weight excluding hydrogens is 431 g/mol. The fourth-order valence-electron chi connectivity index (χ4n) is 5.08. The van der Waals surface area contributed by atoms with Gasteiger partial charge in [0.15, 0.2) is 5.69 Å². The van der Waals surface area contributed by atoms with E-state index in [1.54, 1.807) is 0 Å². The van der Waals surface area contributed by atoms with E-state index >= 15 is 0 Å². The molecule has 0 spiro atoms. The number of aromatic nitrogens is 1. The fraction of sp³-hybridized carbons (Fsp3) is 0.560. The average Bonchev–Trinajstić information content (AvgIpc) is 3.52. The minimum Gasteiger partial charge on any atom is -0.550 e. The van der Waals surface area contributed by atoms with Gasteiger partial charge in [-0.1, -0.05) is 44.0 Å². The van der Waals surface area contributed by atoms with Gasteiger partial charge < -0.3 is 24.4 Å². The number of fused-ring (bicyclic) bond motifs is 2. The molecule has 0 unspecified atom stereocenters. The zero-order valence-corrected chi connectivity index (χ0v) is 21.5. The molecule has 7 nitrogen and oxygen atoms in total. The van der Waals surface area contributed by atoms with Gasteiger partial charge >= 0.3 is 29.6 Å². The second kappa shape index (κ2) is 12.2. The maximum Gasteiger partial charge on any atom is 1.00 e. The Hall–Kier alpha value is -1.67. The van der Waals surface area contributed by atoms with Crippen molar-refractivity contribution in [1.82, 2.24) is 10.3 Å². The first-order valence-corrected chi connectivity index (χ1v) is 11.7. The molecule has 2 fully saturated rings. The molecule has 4 atom stereocenters. The Morgan fingerprint density at radius 1 is 1.15 bits per heavy atom. The third kappa shape index (κ3) is 6.27. The van der Waals surface area contributed by atoms with Gasteiger partial charge in [-0.05, 0) is 49.7 Å². The van der Waals surface area contributed by atoms with Crippen LogP contribution in [0.1, 0.15) is 78.9 Å². The van der Waals surface area contributed by atoms with Gasteiger partial charge in [-0.15, -0.1) is 0 Å².